The molecule has 1 nitrogen and oxygen atoms in total. The Morgan fingerprint density at radius 2 is 2.00 bits per heavy atom. The summed E-state index contributed by atoms with van der Waals surface area (Å²) < 4.78 is 5.52. The van der Waals surface area contributed by atoms with E-state index in [1.807, 2.05) is 0 Å². The van der Waals surface area contributed by atoms with Gasteiger partial charge in [-0.15, -0.1) is 0 Å². The van der Waals surface area contributed by atoms with Crippen molar-refractivity contribution in [2.75, 3.05) is 6.61 Å². The summed E-state index contributed by atoms with van der Waals surface area (Å²) in [5.74, 6) is 0.876. The normalized spacial score (nSPS) is 19.1. The largest absolute Gasteiger partial charge is 0.479 e. The third-order valence-electron chi connectivity index (χ3n) is 2.48. The van der Waals surface area contributed by atoms with Crippen LogP contribution in [0.2, 0.25) is 0 Å². The number of ether oxygens (including phenoxy) is 1. The van der Waals surface area contributed by atoms with E-state index in [2.05, 4.69) is 12.6 Å². The van der Waals surface area contributed by atoms with Crippen molar-refractivity contribution in [3.8, 4) is 0 Å². The Labute approximate surface area is 85.3 Å². The van der Waals surface area contributed by atoms with Gasteiger partial charge in [-0.25, -0.2) is 0 Å². The van der Waals surface area contributed by atoms with Crippen LogP contribution in [0.4, 0.5) is 0 Å². The van der Waals surface area contributed by atoms with Crippen molar-refractivity contribution < 1.29 is 4.74 Å². The zero-order valence-electron chi connectivity index (χ0n) is 7.29. The molecule has 0 aromatic heterocycles. The molecule has 70 valence electrons. The van der Waals surface area contributed by atoms with Gasteiger partial charge < -0.3 is 4.74 Å². The molecule has 1 aliphatic rings. The second-order valence-electron chi connectivity index (χ2n) is 3.41. The minimum absolute atomic E-state index is 0.380. The van der Waals surface area contributed by atoms with Crippen LogP contribution in [-0.2, 0) is 4.74 Å². The highest BCUT2D eigenvalue weighted by molar-refractivity contribution is 8.10. The Bertz CT molecular complexity index is 141. The molecular weight excluding hydrogens is 188 g/mol. The fraction of sp³-hybridized carbons (Fsp3) is 0.889. The quantitative estimate of drug-likeness (QED) is 0.558. The highest BCUT2D eigenvalue weighted by Crippen LogP contribution is 2.26. The molecule has 0 bridgehead atoms. The first kappa shape index (κ1) is 10.3. The van der Waals surface area contributed by atoms with E-state index < -0.39 is 0 Å². The van der Waals surface area contributed by atoms with Gasteiger partial charge in [0.15, 0.2) is 0 Å². The van der Waals surface area contributed by atoms with Gasteiger partial charge in [0.25, 0.3) is 0 Å². The first-order valence-corrected chi connectivity index (χ1v) is 5.50. The molecule has 0 radical (unpaired) electrons. The second kappa shape index (κ2) is 5.81. The first-order valence-electron chi connectivity index (χ1n) is 4.65. The number of rotatable bonds is 3. The summed E-state index contributed by atoms with van der Waals surface area (Å²) >= 11 is 8.61. The zero-order valence-corrected chi connectivity index (χ0v) is 9.00. The topological polar surface area (TPSA) is 9.23 Å². The van der Waals surface area contributed by atoms with Gasteiger partial charge in [-0.1, -0.05) is 44.7 Å². The first-order chi connectivity index (χ1) is 5.79. The van der Waals surface area contributed by atoms with E-state index in [0.29, 0.717) is 4.38 Å². The van der Waals surface area contributed by atoms with Gasteiger partial charge in [-0.3, -0.25) is 0 Å². The third kappa shape index (κ3) is 4.31. The van der Waals surface area contributed by atoms with Crippen LogP contribution in [0.25, 0.3) is 0 Å². The Morgan fingerprint density at radius 1 is 1.33 bits per heavy atom. The summed E-state index contributed by atoms with van der Waals surface area (Å²) in [6.07, 6.45) is 8.13. The van der Waals surface area contributed by atoms with Gasteiger partial charge in [0.2, 0.25) is 4.38 Å². The standard InChI is InChI=1S/C9H16OS2/c11-9(12)10-7-6-8-4-2-1-3-5-8/h8H,1-7H2,(H,11,12). The van der Waals surface area contributed by atoms with Gasteiger partial charge in [-0.2, -0.15) is 0 Å². The van der Waals surface area contributed by atoms with Crippen LogP contribution in [0.3, 0.4) is 0 Å². The molecule has 0 atom stereocenters. The lowest BCUT2D eigenvalue weighted by Crippen LogP contribution is -2.09. The summed E-state index contributed by atoms with van der Waals surface area (Å²) in [6.45, 7) is 0.757. The summed E-state index contributed by atoms with van der Waals surface area (Å²) in [4.78, 5) is 0. The van der Waals surface area contributed by atoms with E-state index in [1.54, 1.807) is 0 Å². The molecule has 0 spiro atoms. The van der Waals surface area contributed by atoms with Crippen LogP contribution in [0.5, 0.6) is 0 Å². The molecule has 0 aromatic rings. The molecule has 1 aliphatic carbocycles. The molecule has 0 N–H and O–H groups in total. The van der Waals surface area contributed by atoms with E-state index in [1.165, 1.54) is 32.1 Å². The van der Waals surface area contributed by atoms with Gasteiger partial charge >= 0.3 is 0 Å². The van der Waals surface area contributed by atoms with Crippen LogP contribution < -0.4 is 0 Å². The zero-order chi connectivity index (χ0) is 8.81. The molecule has 3 heteroatoms. The summed E-state index contributed by atoms with van der Waals surface area (Å²) in [7, 11) is 0. The van der Waals surface area contributed by atoms with Crippen molar-refractivity contribution >= 4 is 29.2 Å². The Hall–Kier alpha value is 0.240. The summed E-state index contributed by atoms with van der Waals surface area (Å²) in [6, 6.07) is 0. The molecule has 1 saturated carbocycles. The Morgan fingerprint density at radius 3 is 2.58 bits per heavy atom. The van der Waals surface area contributed by atoms with Gasteiger partial charge in [0.05, 0.1) is 6.61 Å². The minimum atomic E-state index is 0.380. The number of hydrogen-bond acceptors (Lipinski definition) is 2. The lowest BCUT2D eigenvalue weighted by Gasteiger charge is -2.20. The van der Waals surface area contributed by atoms with Crippen molar-refractivity contribution in [1.82, 2.24) is 0 Å². The molecular formula is C9H16OS2. The number of thiocarbonyl (C=S) groups is 1. The molecule has 0 aliphatic heterocycles. The van der Waals surface area contributed by atoms with Crippen LogP contribution in [0.15, 0.2) is 0 Å². The van der Waals surface area contributed by atoms with Crippen molar-refractivity contribution in [2.45, 2.75) is 38.5 Å². The monoisotopic (exact) mass is 204 g/mol. The minimum Gasteiger partial charge on any atom is -0.479 e. The number of hydrogen-bond donors (Lipinski definition) is 1. The number of thiol groups is 1. The highest BCUT2D eigenvalue weighted by Gasteiger charge is 2.12. The summed E-state index contributed by atoms with van der Waals surface area (Å²) in [5, 5.41) is 0. The fourth-order valence-corrected chi connectivity index (χ4v) is 1.96. The lowest BCUT2D eigenvalue weighted by atomic mass is 9.87. The molecule has 1 rings (SSSR count). The van der Waals surface area contributed by atoms with Gasteiger partial charge in [0.1, 0.15) is 0 Å². The van der Waals surface area contributed by atoms with E-state index in [9.17, 15) is 0 Å². The molecule has 0 aromatic carbocycles. The predicted molar refractivity (Wildman–Crippen MR) is 58.7 cm³/mol. The molecule has 0 saturated heterocycles. The molecule has 12 heavy (non-hydrogen) atoms. The summed E-state index contributed by atoms with van der Waals surface area (Å²) in [5.41, 5.74) is 0. The fourth-order valence-electron chi connectivity index (χ4n) is 1.79. The van der Waals surface area contributed by atoms with Gasteiger partial charge in [0, 0.05) is 0 Å². The highest BCUT2D eigenvalue weighted by atomic mass is 32.1. The lowest BCUT2D eigenvalue weighted by molar-refractivity contribution is 0.247. The van der Waals surface area contributed by atoms with Crippen LogP contribution >= 0.6 is 24.8 Å². The Kier molecular flexibility index (Phi) is 5.00. The average Bonchev–Trinajstić information content (AvgIpc) is 2.05. The van der Waals surface area contributed by atoms with Crippen molar-refractivity contribution in [1.29, 1.82) is 0 Å². The van der Waals surface area contributed by atoms with Gasteiger partial charge in [-0.05, 0) is 24.6 Å². The second-order valence-corrected chi connectivity index (χ2v) is 4.49. The van der Waals surface area contributed by atoms with Crippen LogP contribution in [-0.4, -0.2) is 11.0 Å². The third-order valence-corrected chi connectivity index (χ3v) is 2.72. The SMILES string of the molecule is S=C(S)OCCC1CCCCC1. The van der Waals surface area contributed by atoms with E-state index in [0.717, 1.165) is 18.9 Å². The smallest absolute Gasteiger partial charge is 0.216 e. The van der Waals surface area contributed by atoms with Crippen LogP contribution in [0.1, 0.15) is 38.5 Å². The van der Waals surface area contributed by atoms with Crippen molar-refractivity contribution in [3.63, 3.8) is 0 Å². The average molecular weight is 204 g/mol. The molecule has 1 fully saturated rings. The van der Waals surface area contributed by atoms with E-state index in [-0.39, 0.29) is 0 Å². The molecule has 0 heterocycles. The van der Waals surface area contributed by atoms with Crippen molar-refractivity contribution in [3.05, 3.63) is 0 Å². The predicted octanol–water partition coefficient (Wildman–Crippen LogP) is 3.19. The maximum absolute atomic E-state index is 5.14. The maximum Gasteiger partial charge on any atom is 0.216 e. The molecule has 0 amide bonds. The van der Waals surface area contributed by atoms with E-state index in [4.69, 9.17) is 17.0 Å². The van der Waals surface area contributed by atoms with Crippen molar-refractivity contribution in [2.24, 2.45) is 5.92 Å². The van der Waals surface area contributed by atoms with E-state index >= 15 is 0 Å². The van der Waals surface area contributed by atoms with Crippen LogP contribution in [0, 0.1) is 5.92 Å². The maximum atomic E-state index is 5.14. The Balaban J connectivity index is 2.01. The molecule has 0 unspecified atom stereocenters.